The third-order valence-corrected chi connectivity index (χ3v) is 5.11. The zero-order valence-corrected chi connectivity index (χ0v) is 13.8. The summed E-state index contributed by atoms with van der Waals surface area (Å²) in [5, 5.41) is 0. The summed E-state index contributed by atoms with van der Waals surface area (Å²) in [5.41, 5.74) is 0.447. The van der Waals surface area contributed by atoms with Gasteiger partial charge < -0.3 is 9.79 Å². The van der Waals surface area contributed by atoms with Crippen LogP contribution in [0.5, 0.6) is 0 Å². The predicted octanol–water partition coefficient (Wildman–Crippen LogP) is 4.51. The summed E-state index contributed by atoms with van der Waals surface area (Å²) < 4.78 is 15.3. The summed E-state index contributed by atoms with van der Waals surface area (Å²) in [6.07, 6.45) is 7.80. The van der Waals surface area contributed by atoms with E-state index >= 15 is 0 Å². The lowest BCUT2D eigenvalue weighted by Crippen LogP contribution is -2.18. The Bertz CT molecular complexity index is 262. The normalized spacial score (nSPS) is 14.6. The highest BCUT2D eigenvalue weighted by Gasteiger charge is 2.24. The Balaban J connectivity index is 4.11. The van der Waals surface area contributed by atoms with Crippen molar-refractivity contribution in [2.24, 2.45) is 11.3 Å². The van der Waals surface area contributed by atoms with Crippen molar-refractivity contribution in [1.29, 1.82) is 0 Å². The maximum absolute atomic E-state index is 10.7. The molecule has 116 valence electrons. The zero-order valence-electron chi connectivity index (χ0n) is 12.9. The van der Waals surface area contributed by atoms with Crippen molar-refractivity contribution in [2.75, 3.05) is 6.61 Å². The Morgan fingerprint density at radius 3 is 2.00 bits per heavy atom. The van der Waals surface area contributed by atoms with E-state index in [9.17, 15) is 4.57 Å². The van der Waals surface area contributed by atoms with Crippen LogP contribution in [0.3, 0.4) is 0 Å². The SMILES string of the molecule is CCC(CCCC(CC)(CC)CC)COP(=O)(O)O. The molecular formula is C14H31O4P. The lowest BCUT2D eigenvalue weighted by molar-refractivity contribution is 0.154. The van der Waals surface area contributed by atoms with Gasteiger partial charge in [0.25, 0.3) is 0 Å². The first-order valence-corrected chi connectivity index (χ1v) is 9.05. The Labute approximate surface area is 118 Å². The van der Waals surface area contributed by atoms with E-state index in [4.69, 9.17) is 9.79 Å². The second-order valence-corrected chi connectivity index (χ2v) is 6.75. The van der Waals surface area contributed by atoms with Crippen LogP contribution in [0, 0.1) is 11.3 Å². The van der Waals surface area contributed by atoms with Crippen LogP contribution < -0.4 is 0 Å². The van der Waals surface area contributed by atoms with Crippen LogP contribution in [0.15, 0.2) is 0 Å². The van der Waals surface area contributed by atoms with Gasteiger partial charge in [0.05, 0.1) is 6.61 Å². The van der Waals surface area contributed by atoms with E-state index < -0.39 is 7.82 Å². The molecule has 0 heterocycles. The molecule has 0 radical (unpaired) electrons. The molecule has 0 amide bonds. The highest BCUT2D eigenvalue weighted by molar-refractivity contribution is 7.46. The maximum atomic E-state index is 10.7. The molecule has 19 heavy (non-hydrogen) atoms. The van der Waals surface area contributed by atoms with E-state index in [0.29, 0.717) is 5.41 Å². The molecule has 0 aromatic heterocycles. The Hall–Kier alpha value is 0.110. The minimum atomic E-state index is -4.31. The molecule has 0 saturated carbocycles. The third-order valence-electron chi connectivity index (χ3n) is 4.63. The van der Waals surface area contributed by atoms with Gasteiger partial charge in [-0.05, 0) is 24.2 Å². The van der Waals surface area contributed by atoms with Crippen molar-refractivity contribution in [1.82, 2.24) is 0 Å². The van der Waals surface area contributed by atoms with Crippen molar-refractivity contribution in [3.63, 3.8) is 0 Å². The molecule has 0 aliphatic carbocycles. The first-order chi connectivity index (χ1) is 8.82. The van der Waals surface area contributed by atoms with Gasteiger partial charge in [-0.25, -0.2) is 4.57 Å². The van der Waals surface area contributed by atoms with Crippen LogP contribution in [0.1, 0.15) is 72.6 Å². The Morgan fingerprint density at radius 1 is 1.11 bits per heavy atom. The fourth-order valence-electron chi connectivity index (χ4n) is 2.65. The molecule has 0 aliphatic rings. The van der Waals surface area contributed by atoms with E-state index in [-0.39, 0.29) is 12.5 Å². The number of rotatable bonds is 11. The van der Waals surface area contributed by atoms with Crippen molar-refractivity contribution in [3.05, 3.63) is 0 Å². The summed E-state index contributed by atoms with van der Waals surface area (Å²) >= 11 is 0. The van der Waals surface area contributed by atoms with E-state index in [1.54, 1.807) is 0 Å². The second kappa shape index (κ2) is 9.12. The minimum absolute atomic E-state index is 0.165. The lowest BCUT2D eigenvalue weighted by atomic mass is 9.75. The zero-order chi connectivity index (χ0) is 14.9. The van der Waals surface area contributed by atoms with Crippen molar-refractivity contribution < 1.29 is 18.9 Å². The Kier molecular flexibility index (Phi) is 9.17. The summed E-state index contributed by atoms with van der Waals surface area (Å²) in [7, 11) is -4.31. The highest BCUT2D eigenvalue weighted by atomic mass is 31.2. The number of hydrogen-bond acceptors (Lipinski definition) is 2. The summed E-state index contributed by atoms with van der Waals surface area (Å²) in [4.78, 5) is 17.4. The fourth-order valence-corrected chi connectivity index (χ4v) is 3.06. The standard InChI is InChI=1S/C14H31O4P/c1-5-13(12-18-19(15,16)17)10-9-11-14(6-2,7-3)8-4/h13H,5-12H2,1-4H3,(H2,15,16,17). The van der Waals surface area contributed by atoms with Crippen molar-refractivity contribution in [3.8, 4) is 0 Å². The quantitative estimate of drug-likeness (QED) is 0.550. The van der Waals surface area contributed by atoms with E-state index in [1.165, 1.54) is 25.7 Å². The molecule has 4 nitrogen and oxygen atoms in total. The molecule has 1 atom stereocenters. The number of phosphoric ester groups is 1. The van der Waals surface area contributed by atoms with Gasteiger partial charge in [0, 0.05) is 0 Å². The summed E-state index contributed by atoms with van der Waals surface area (Å²) in [6, 6.07) is 0. The van der Waals surface area contributed by atoms with Crippen LogP contribution in [-0.2, 0) is 9.09 Å². The molecule has 5 heteroatoms. The molecule has 1 unspecified atom stereocenters. The van der Waals surface area contributed by atoms with Gasteiger partial charge in [0.2, 0.25) is 0 Å². The third kappa shape index (κ3) is 8.09. The van der Waals surface area contributed by atoms with Gasteiger partial charge in [-0.2, -0.15) is 0 Å². The average molecular weight is 294 g/mol. The van der Waals surface area contributed by atoms with Gasteiger partial charge in [-0.3, -0.25) is 4.52 Å². The smallest absolute Gasteiger partial charge is 0.303 e. The van der Waals surface area contributed by atoms with Crippen LogP contribution in [0.25, 0.3) is 0 Å². The van der Waals surface area contributed by atoms with Gasteiger partial charge in [0.1, 0.15) is 0 Å². The topological polar surface area (TPSA) is 66.8 Å². The largest absolute Gasteiger partial charge is 0.469 e. The molecule has 0 rings (SSSR count). The number of phosphoric acid groups is 1. The predicted molar refractivity (Wildman–Crippen MR) is 78.9 cm³/mol. The molecule has 0 fully saturated rings. The molecule has 0 bridgehead atoms. The minimum Gasteiger partial charge on any atom is -0.303 e. The van der Waals surface area contributed by atoms with Crippen molar-refractivity contribution in [2.45, 2.75) is 72.6 Å². The fraction of sp³-hybridized carbons (Fsp3) is 1.00. The average Bonchev–Trinajstić information content (AvgIpc) is 2.38. The lowest BCUT2D eigenvalue weighted by Gasteiger charge is -2.31. The van der Waals surface area contributed by atoms with Gasteiger partial charge in [-0.1, -0.05) is 59.8 Å². The molecule has 0 aliphatic heterocycles. The molecular weight excluding hydrogens is 263 g/mol. The maximum Gasteiger partial charge on any atom is 0.469 e. The first-order valence-electron chi connectivity index (χ1n) is 7.52. The van der Waals surface area contributed by atoms with Gasteiger partial charge in [-0.15, -0.1) is 0 Å². The summed E-state index contributed by atoms with van der Waals surface area (Å²) in [6.45, 7) is 8.96. The monoisotopic (exact) mass is 294 g/mol. The molecule has 2 N–H and O–H groups in total. The van der Waals surface area contributed by atoms with Crippen LogP contribution >= 0.6 is 7.82 Å². The molecule has 0 spiro atoms. The first kappa shape index (κ1) is 19.1. The van der Waals surface area contributed by atoms with Crippen molar-refractivity contribution >= 4 is 7.82 Å². The van der Waals surface area contributed by atoms with Crippen LogP contribution in [0.2, 0.25) is 0 Å². The van der Waals surface area contributed by atoms with E-state index in [2.05, 4.69) is 25.3 Å². The molecule has 0 saturated heterocycles. The molecule has 0 aromatic rings. The molecule has 0 aromatic carbocycles. The van der Waals surface area contributed by atoms with Gasteiger partial charge >= 0.3 is 7.82 Å². The summed E-state index contributed by atoms with van der Waals surface area (Å²) in [5.74, 6) is 0.246. The number of hydrogen-bond donors (Lipinski definition) is 2. The van der Waals surface area contributed by atoms with E-state index in [0.717, 1.165) is 19.3 Å². The highest BCUT2D eigenvalue weighted by Crippen LogP contribution is 2.38. The van der Waals surface area contributed by atoms with Crippen LogP contribution in [0.4, 0.5) is 0 Å². The van der Waals surface area contributed by atoms with Crippen LogP contribution in [-0.4, -0.2) is 16.4 Å². The Morgan fingerprint density at radius 2 is 1.63 bits per heavy atom. The van der Waals surface area contributed by atoms with Gasteiger partial charge in [0.15, 0.2) is 0 Å². The van der Waals surface area contributed by atoms with E-state index in [1.807, 2.05) is 6.92 Å². The second-order valence-electron chi connectivity index (χ2n) is 5.51.